The van der Waals surface area contributed by atoms with Crippen LogP contribution in [0, 0.1) is 6.92 Å². The van der Waals surface area contributed by atoms with Crippen molar-refractivity contribution in [2.45, 2.75) is 18.6 Å². The van der Waals surface area contributed by atoms with Crippen LogP contribution in [-0.2, 0) is 11.3 Å². The molecular weight excluding hydrogens is 426 g/mol. The highest BCUT2D eigenvalue weighted by atomic mass is 32.2. The number of hydrogen-bond acceptors (Lipinski definition) is 6. The smallest absolute Gasteiger partial charge is 0.262 e. The van der Waals surface area contributed by atoms with Crippen LogP contribution in [0.4, 0.5) is 0 Å². The molecule has 7 nitrogen and oxygen atoms in total. The van der Waals surface area contributed by atoms with Gasteiger partial charge in [-0.2, -0.15) is 0 Å². The summed E-state index contributed by atoms with van der Waals surface area (Å²) in [6, 6.07) is 18.5. The Morgan fingerprint density at radius 2 is 2.03 bits per heavy atom. The van der Waals surface area contributed by atoms with Gasteiger partial charge in [0.05, 0.1) is 36.0 Å². The van der Waals surface area contributed by atoms with Crippen LogP contribution >= 0.6 is 11.8 Å². The molecule has 1 amide bonds. The summed E-state index contributed by atoms with van der Waals surface area (Å²) in [6.45, 7) is 3.01. The Morgan fingerprint density at radius 1 is 1.16 bits per heavy atom. The lowest BCUT2D eigenvalue weighted by atomic mass is 10.2. The first-order chi connectivity index (χ1) is 15.6. The number of fused-ring (bicyclic) bond motifs is 1. The summed E-state index contributed by atoms with van der Waals surface area (Å²) in [5, 5.41) is 3.83. The normalized spacial score (nSPS) is 10.9. The van der Waals surface area contributed by atoms with Crippen molar-refractivity contribution >= 4 is 28.6 Å². The van der Waals surface area contributed by atoms with Gasteiger partial charge < -0.3 is 14.5 Å². The van der Waals surface area contributed by atoms with E-state index in [-0.39, 0.29) is 23.8 Å². The number of ether oxygens (including phenoxy) is 1. The molecule has 8 heteroatoms. The van der Waals surface area contributed by atoms with Crippen LogP contribution in [0.3, 0.4) is 0 Å². The van der Waals surface area contributed by atoms with Gasteiger partial charge in [-0.1, -0.05) is 36.0 Å². The van der Waals surface area contributed by atoms with Gasteiger partial charge in [0.25, 0.3) is 5.56 Å². The fourth-order valence-electron chi connectivity index (χ4n) is 3.20. The molecule has 0 aliphatic rings. The van der Waals surface area contributed by atoms with Crippen LogP contribution in [0.5, 0.6) is 5.75 Å². The van der Waals surface area contributed by atoms with E-state index in [0.29, 0.717) is 35.0 Å². The minimum absolute atomic E-state index is 0.132. The number of nitrogens with one attached hydrogen (secondary N) is 1. The first-order valence-electron chi connectivity index (χ1n) is 10.2. The van der Waals surface area contributed by atoms with Crippen LogP contribution < -0.4 is 15.6 Å². The second kappa shape index (κ2) is 10.2. The van der Waals surface area contributed by atoms with Gasteiger partial charge in [-0.3, -0.25) is 14.2 Å². The highest BCUT2D eigenvalue weighted by Gasteiger charge is 2.14. The Morgan fingerprint density at radius 3 is 2.84 bits per heavy atom. The van der Waals surface area contributed by atoms with E-state index in [2.05, 4.69) is 10.3 Å². The molecule has 164 valence electrons. The average Bonchev–Trinajstić information content (AvgIpc) is 3.31. The monoisotopic (exact) mass is 449 g/mol. The van der Waals surface area contributed by atoms with Crippen molar-refractivity contribution in [2.24, 2.45) is 0 Å². The number of rotatable bonds is 9. The highest BCUT2D eigenvalue weighted by molar-refractivity contribution is 7.99. The van der Waals surface area contributed by atoms with E-state index in [1.54, 1.807) is 35.1 Å². The molecule has 2 aromatic heterocycles. The number of aryl methyl sites for hydroxylation is 1. The van der Waals surface area contributed by atoms with Crippen molar-refractivity contribution in [3.05, 3.63) is 88.6 Å². The first-order valence-corrected chi connectivity index (χ1v) is 11.2. The lowest BCUT2D eigenvalue weighted by Crippen LogP contribution is -2.30. The molecule has 0 spiro atoms. The SMILES string of the molecule is Cc1cccc(OCCNC(=O)CSc2nc3ccccc3c(=O)n2Cc2ccco2)c1. The van der Waals surface area contributed by atoms with Crippen LogP contribution in [0.2, 0.25) is 0 Å². The number of carbonyl (C=O) groups is 1. The second-order valence-electron chi connectivity index (χ2n) is 7.19. The molecule has 0 aliphatic carbocycles. The summed E-state index contributed by atoms with van der Waals surface area (Å²) in [7, 11) is 0. The van der Waals surface area contributed by atoms with Gasteiger partial charge in [0.15, 0.2) is 5.16 Å². The number of carbonyl (C=O) groups excluding carboxylic acids is 1. The maximum absolute atomic E-state index is 13.0. The van der Waals surface area contributed by atoms with Crippen LogP contribution in [-0.4, -0.2) is 34.4 Å². The molecule has 0 radical (unpaired) electrons. The third kappa shape index (κ3) is 5.39. The summed E-state index contributed by atoms with van der Waals surface area (Å²) < 4.78 is 12.6. The molecule has 0 saturated heterocycles. The lowest BCUT2D eigenvalue weighted by Gasteiger charge is -2.12. The quantitative estimate of drug-likeness (QED) is 0.239. The molecule has 0 unspecified atom stereocenters. The number of para-hydroxylation sites is 1. The van der Waals surface area contributed by atoms with E-state index < -0.39 is 0 Å². The number of aromatic nitrogens is 2. The van der Waals surface area contributed by atoms with E-state index in [1.165, 1.54) is 11.8 Å². The van der Waals surface area contributed by atoms with Gasteiger partial charge in [0, 0.05) is 0 Å². The molecule has 0 atom stereocenters. The van der Waals surface area contributed by atoms with E-state index >= 15 is 0 Å². The molecule has 4 aromatic rings. The van der Waals surface area contributed by atoms with Gasteiger partial charge in [0.1, 0.15) is 18.1 Å². The number of furan rings is 1. The maximum Gasteiger partial charge on any atom is 0.262 e. The Kier molecular flexibility index (Phi) is 6.91. The van der Waals surface area contributed by atoms with E-state index in [0.717, 1.165) is 11.3 Å². The summed E-state index contributed by atoms with van der Waals surface area (Å²) >= 11 is 1.22. The Labute approximate surface area is 189 Å². The summed E-state index contributed by atoms with van der Waals surface area (Å²) in [4.78, 5) is 30.0. The molecule has 32 heavy (non-hydrogen) atoms. The van der Waals surface area contributed by atoms with Gasteiger partial charge in [-0.25, -0.2) is 4.98 Å². The minimum Gasteiger partial charge on any atom is -0.492 e. The number of hydrogen-bond donors (Lipinski definition) is 1. The summed E-state index contributed by atoms with van der Waals surface area (Å²) in [5.41, 5.74) is 1.55. The summed E-state index contributed by atoms with van der Waals surface area (Å²) in [5.74, 6) is 1.39. The van der Waals surface area contributed by atoms with Crippen molar-refractivity contribution < 1.29 is 13.9 Å². The van der Waals surface area contributed by atoms with Gasteiger partial charge in [-0.15, -0.1) is 0 Å². The van der Waals surface area contributed by atoms with E-state index in [4.69, 9.17) is 9.15 Å². The zero-order valence-electron chi connectivity index (χ0n) is 17.6. The van der Waals surface area contributed by atoms with Crippen molar-refractivity contribution in [3.63, 3.8) is 0 Å². The number of thioether (sulfide) groups is 1. The highest BCUT2D eigenvalue weighted by Crippen LogP contribution is 2.19. The predicted octanol–water partition coefficient (Wildman–Crippen LogP) is 3.63. The topological polar surface area (TPSA) is 86.4 Å². The molecular formula is C24H23N3O4S. The zero-order valence-corrected chi connectivity index (χ0v) is 18.4. The van der Waals surface area contributed by atoms with Crippen LogP contribution in [0.1, 0.15) is 11.3 Å². The van der Waals surface area contributed by atoms with Crippen molar-refractivity contribution in [3.8, 4) is 5.75 Å². The Balaban J connectivity index is 1.39. The van der Waals surface area contributed by atoms with Crippen LogP contribution in [0.25, 0.3) is 10.9 Å². The lowest BCUT2D eigenvalue weighted by molar-refractivity contribution is -0.118. The molecule has 0 aliphatic heterocycles. The van der Waals surface area contributed by atoms with Crippen molar-refractivity contribution in [2.75, 3.05) is 18.9 Å². The number of benzene rings is 2. The molecule has 0 saturated carbocycles. The Hall–Kier alpha value is -3.52. The van der Waals surface area contributed by atoms with Gasteiger partial charge >= 0.3 is 0 Å². The molecule has 2 aromatic carbocycles. The summed E-state index contributed by atoms with van der Waals surface area (Å²) in [6.07, 6.45) is 1.56. The minimum atomic E-state index is -0.165. The third-order valence-corrected chi connectivity index (χ3v) is 5.71. The Bertz CT molecular complexity index is 1270. The van der Waals surface area contributed by atoms with Gasteiger partial charge in [0.2, 0.25) is 5.91 Å². The predicted molar refractivity (Wildman–Crippen MR) is 124 cm³/mol. The zero-order chi connectivity index (χ0) is 22.3. The van der Waals surface area contributed by atoms with Crippen molar-refractivity contribution in [1.82, 2.24) is 14.9 Å². The third-order valence-electron chi connectivity index (χ3n) is 4.74. The fraction of sp³-hybridized carbons (Fsp3) is 0.208. The molecule has 2 heterocycles. The van der Waals surface area contributed by atoms with E-state index in [9.17, 15) is 9.59 Å². The van der Waals surface area contributed by atoms with Crippen LogP contribution in [0.15, 0.2) is 81.3 Å². The molecule has 0 bridgehead atoms. The van der Waals surface area contributed by atoms with Crippen molar-refractivity contribution in [1.29, 1.82) is 0 Å². The standard InChI is InChI=1S/C24H23N3O4S/c1-17-6-4-7-18(14-17)31-13-11-25-22(28)16-32-24-26-21-10-3-2-9-20(21)23(29)27(24)15-19-8-5-12-30-19/h2-10,12,14H,11,13,15-16H2,1H3,(H,25,28). The maximum atomic E-state index is 13.0. The number of nitrogens with zero attached hydrogens (tertiary/aromatic N) is 2. The molecule has 1 N–H and O–H groups in total. The molecule has 0 fully saturated rings. The average molecular weight is 450 g/mol. The first kappa shape index (κ1) is 21.7. The van der Waals surface area contributed by atoms with Gasteiger partial charge in [-0.05, 0) is 48.9 Å². The second-order valence-corrected chi connectivity index (χ2v) is 8.13. The molecule has 4 rings (SSSR count). The number of amides is 1. The fourth-order valence-corrected chi connectivity index (χ4v) is 4.03. The van der Waals surface area contributed by atoms with E-state index in [1.807, 2.05) is 43.3 Å². The largest absolute Gasteiger partial charge is 0.492 e.